The van der Waals surface area contributed by atoms with Gasteiger partial charge in [-0.15, -0.1) is 0 Å². The van der Waals surface area contributed by atoms with E-state index in [4.69, 9.17) is 4.74 Å². The minimum atomic E-state index is -0.223. The summed E-state index contributed by atoms with van der Waals surface area (Å²) < 4.78 is 6.41. The number of benzene rings is 1. The normalized spacial score (nSPS) is 34.9. The second-order valence-electron chi connectivity index (χ2n) is 6.83. The molecule has 0 aromatic heterocycles. The summed E-state index contributed by atoms with van der Waals surface area (Å²) in [5, 5.41) is 3.07. The summed E-state index contributed by atoms with van der Waals surface area (Å²) in [5.41, 5.74) is 2.91. The molecular weight excluding hydrogens is 346 g/mol. The Kier molecular flexibility index (Phi) is 3.12. The topological polar surface area (TPSA) is 55.4 Å². The van der Waals surface area contributed by atoms with Gasteiger partial charge in [-0.2, -0.15) is 0 Å². The molecule has 22 heavy (non-hydrogen) atoms. The number of nitrogens with one attached hydrogen (secondary N) is 1. The van der Waals surface area contributed by atoms with Crippen molar-refractivity contribution in [3.63, 3.8) is 0 Å². The van der Waals surface area contributed by atoms with Gasteiger partial charge in [0, 0.05) is 16.1 Å². The van der Waals surface area contributed by atoms with Gasteiger partial charge in [0.25, 0.3) is 0 Å². The Balaban J connectivity index is 1.60. The molecule has 2 aliphatic carbocycles. The smallest absolute Gasteiger partial charge is 0.310 e. The maximum atomic E-state index is 12.8. The van der Waals surface area contributed by atoms with E-state index < -0.39 is 0 Å². The van der Waals surface area contributed by atoms with E-state index in [0.29, 0.717) is 5.92 Å². The Morgan fingerprint density at radius 3 is 2.64 bits per heavy atom. The van der Waals surface area contributed by atoms with Gasteiger partial charge in [-0.1, -0.05) is 15.9 Å². The molecule has 5 atom stereocenters. The monoisotopic (exact) mass is 363 g/mol. The van der Waals surface area contributed by atoms with Crippen LogP contribution >= 0.6 is 15.9 Å². The second kappa shape index (κ2) is 4.82. The highest BCUT2D eigenvalue weighted by Gasteiger charge is 2.63. The van der Waals surface area contributed by atoms with Gasteiger partial charge >= 0.3 is 5.97 Å². The number of hydrogen-bond acceptors (Lipinski definition) is 3. The van der Waals surface area contributed by atoms with E-state index in [1.165, 1.54) is 0 Å². The summed E-state index contributed by atoms with van der Waals surface area (Å²) in [4.78, 5) is 24.8. The van der Waals surface area contributed by atoms with Crippen molar-refractivity contribution in [1.29, 1.82) is 0 Å². The number of ether oxygens (including phenoxy) is 1. The van der Waals surface area contributed by atoms with Crippen molar-refractivity contribution in [2.45, 2.75) is 32.8 Å². The standard InChI is InChI=1S/C17H18BrNO3/c1-7-3-10(18)4-8(2)15(7)19-16(20)13-9-5-11-12(6-9)22-17(21)14(11)13/h3-4,9,11-14H,5-6H2,1-2H3,(H,19,20)/t9-,11+,12-,13+,14+/m1/s1. The summed E-state index contributed by atoms with van der Waals surface area (Å²) in [5.74, 6) is -0.0795. The van der Waals surface area contributed by atoms with Gasteiger partial charge in [0.05, 0.1) is 11.8 Å². The molecule has 0 radical (unpaired) electrons. The SMILES string of the molecule is Cc1cc(Br)cc(C)c1NC(=O)[C@H]1[C@@H]2C[C@@H]3[C@@H]1C(=O)O[C@@H]3C2. The summed E-state index contributed by atoms with van der Waals surface area (Å²) in [6, 6.07) is 3.98. The molecule has 2 saturated carbocycles. The fraction of sp³-hybridized carbons (Fsp3) is 0.529. The molecule has 4 rings (SSSR count). The van der Waals surface area contributed by atoms with Crippen LogP contribution in [0.5, 0.6) is 0 Å². The highest BCUT2D eigenvalue weighted by Crippen LogP contribution is 2.57. The zero-order valence-electron chi connectivity index (χ0n) is 12.6. The average Bonchev–Trinajstić information content (AvgIpc) is 3.03. The maximum Gasteiger partial charge on any atom is 0.310 e. The molecule has 0 unspecified atom stereocenters. The number of anilines is 1. The van der Waals surface area contributed by atoms with E-state index in [1.54, 1.807) is 0 Å². The van der Waals surface area contributed by atoms with Gasteiger partial charge in [-0.3, -0.25) is 9.59 Å². The quantitative estimate of drug-likeness (QED) is 0.820. The molecule has 1 aromatic carbocycles. The Hall–Kier alpha value is -1.36. The first-order valence-electron chi connectivity index (χ1n) is 7.74. The van der Waals surface area contributed by atoms with Crippen LogP contribution in [0.15, 0.2) is 16.6 Å². The lowest BCUT2D eigenvalue weighted by atomic mass is 9.79. The molecule has 3 fully saturated rings. The number of fused-ring (bicyclic) bond motifs is 1. The van der Waals surface area contributed by atoms with E-state index in [-0.39, 0.29) is 35.7 Å². The number of carbonyl (C=O) groups excluding carboxylic acids is 2. The number of rotatable bonds is 2. The third-order valence-electron chi connectivity index (χ3n) is 5.53. The van der Waals surface area contributed by atoms with Crippen LogP contribution in [-0.2, 0) is 14.3 Å². The predicted molar refractivity (Wildman–Crippen MR) is 85.3 cm³/mol. The van der Waals surface area contributed by atoms with Crippen LogP contribution in [0.3, 0.4) is 0 Å². The van der Waals surface area contributed by atoms with Crippen LogP contribution in [0, 0.1) is 37.5 Å². The van der Waals surface area contributed by atoms with Crippen molar-refractivity contribution >= 4 is 33.5 Å². The number of hydrogen-bond donors (Lipinski definition) is 1. The Morgan fingerprint density at radius 1 is 1.27 bits per heavy atom. The number of esters is 1. The van der Waals surface area contributed by atoms with Crippen molar-refractivity contribution in [2.24, 2.45) is 23.7 Å². The highest BCUT2D eigenvalue weighted by molar-refractivity contribution is 9.10. The minimum Gasteiger partial charge on any atom is -0.462 e. The molecule has 1 heterocycles. The fourth-order valence-electron chi connectivity index (χ4n) is 4.68. The van der Waals surface area contributed by atoms with Crippen LogP contribution in [-0.4, -0.2) is 18.0 Å². The molecule has 0 spiro atoms. The fourth-order valence-corrected chi connectivity index (χ4v) is 5.36. The van der Waals surface area contributed by atoms with E-state index in [2.05, 4.69) is 21.2 Å². The van der Waals surface area contributed by atoms with Crippen molar-refractivity contribution in [2.75, 3.05) is 5.32 Å². The Bertz CT molecular complexity index is 661. The second-order valence-corrected chi connectivity index (χ2v) is 7.74. The van der Waals surface area contributed by atoms with Gasteiger partial charge in [-0.05, 0) is 55.9 Å². The summed E-state index contributed by atoms with van der Waals surface area (Å²) in [7, 11) is 0. The zero-order chi connectivity index (χ0) is 15.6. The molecule has 4 nitrogen and oxygen atoms in total. The van der Waals surface area contributed by atoms with Crippen LogP contribution < -0.4 is 5.32 Å². The minimum absolute atomic E-state index is 0.0247. The molecular formula is C17H18BrNO3. The van der Waals surface area contributed by atoms with Crippen LogP contribution in [0.25, 0.3) is 0 Å². The molecule has 5 heteroatoms. The molecule has 2 bridgehead atoms. The first-order chi connectivity index (χ1) is 10.5. The molecule has 1 N–H and O–H groups in total. The van der Waals surface area contributed by atoms with E-state index in [9.17, 15) is 9.59 Å². The van der Waals surface area contributed by atoms with Crippen molar-refractivity contribution in [3.8, 4) is 0 Å². The van der Waals surface area contributed by atoms with Crippen molar-refractivity contribution < 1.29 is 14.3 Å². The lowest BCUT2D eigenvalue weighted by Gasteiger charge is -2.24. The van der Waals surface area contributed by atoms with E-state index in [0.717, 1.165) is 34.1 Å². The van der Waals surface area contributed by atoms with Gasteiger partial charge < -0.3 is 10.1 Å². The molecule has 116 valence electrons. The molecule has 1 aromatic rings. The number of carbonyl (C=O) groups is 2. The largest absolute Gasteiger partial charge is 0.462 e. The van der Waals surface area contributed by atoms with E-state index >= 15 is 0 Å². The predicted octanol–water partition coefficient (Wildman–Crippen LogP) is 3.20. The van der Waals surface area contributed by atoms with E-state index in [1.807, 2.05) is 26.0 Å². The summed E-state index contributed by atoms with van der Waals surface area (Å²) in [6.07, 6.45) is 1.88. The first-order valence-corrected chi connectivity index (χ1v) is 8.53. The highest BCUT2D eigenvalue weighted by atomic mass is 79.9. The average molecular weight is 364 g/mol. The van der Waals surface area contributed by atoms with Gasteiger partial charge in [-0.25, -0.2) is 0 Å². The summed E-state index contributed by atoms with van der Waals surface area (Å²) in [6.45, 7) is 3.96. The van der Waals surface area contributed by atoms with Crippen LogP contribution in [0.4, 0.5) is 5.69 Å². The van der Waals surface area contributed by atoms with Gasteiger partial charge in [0.2, 0.25) is 5.91 Å². The number of aryl methyl sites for hydroxylation is 2. The van der Waals surface area contributed by atoms with Gasteiger partial charge in [0.15, 0.2) is 0 Å². The zero-order valence-corrected chi connectivity index (χ0v) is 14.1. The van der Waals surface area contributed by atoms with Crippen molar-refractivity contribution in [1.82, 2.24) is 0 Å². The molecule has 1 amide bonds. The maximum absolute atomic E-state index is 12.8. The number of halogens is 1. The van der Waals surface area contributed by atoms with Gasteiger partial charge in [0.1, 0.15) is 6.10 Å². The Labute approximate surface area is 137 Å². The molecule has 1 aliphatic heterocycles. The summed E-state index contributed by atoms with van der Waals surface area (Å²) >= 11 is 3.47. The number of amides is 1. The van der Waals surface area contributed by atoms with Crippen LogP contribution in [0.1, 0.15) is 24.0 Å². The van der Waals surface area contributed by atoms with Crippen LogP contribution in [0.2, 0.25) is 0 Å². The molecule has 3 aliphatic rings. The Morgan fingerprint density at radius 2 is 1.95 bits per heavy atom. The first kappa shape index (κ1) is 14.2. The third kappa shape index (κ3) is 1.94. The molecule has 1 saturated heterocycles. The van der Waals surface area contributed by atoms with Crippen molar-refractivity contribution in [3.05, 3.63) is 27.7 Å². The third-order valence-corrected chi connectivity index (χ3v) is 5.99. The lowest BCUT2D eigenvalue weighted by molar-refractivity contribution is -0.145. The lowest BCUT2D eigenvalue weighted by Crippen LogP contribution is -2.36.